The zero-order valence-electron chi connectivity index (χ0n) is 29.7. The summed E-state index contributed by atoms with van der Waals surface area (Å²) in [7, 11) is 0. The second-order valence-electron chi connectivity index (χ2n) is 13.8. The van der Waals surface area contributed by atoms with Gasteiger partial charge in [-0.15, -0.1) is 0 Å². The van der Waals surface area contributed by atoms with Crippen molar-refractivity contribution in [1.29, 1.82) is 0 Å². The molecular formula is C52H36N2. The molecule has 10 rings (SSSR count). The number of rotatable bonds is 7. The van der Waals surface area contributed by atoms with Crippen molar-refractivity contribution in [3.8, 4) is 39.1 Å². The first-order valence-corrected chi connectivity index (χ1v) is 18.5. The van der Waals surface area contributed by atoms with Gasteiger partial charge in [0.25, 0.3) is 0 Å². The summed E-state index contributed by atoms with van der Waals surface area (Å²) in [5.41, 5.74) is 14.2. The van der Waals surface area contributed by atoms with E-state index < -0.39 is 0 Å². The van der Waals surface area contributed by atoms with E-state index in [4.69, 9.17) is 0 Å². The SMILES string of the molecule is c1ccc(-c2ccc(N(c3ccc(-c4ccc(-c5ccccc5-n5c6ccccc6c6ccccc65)cc4)cc3)c3cccc4ccccc34)cc2)cc1. The van der Waals surface area contributed by atoms with Gasteiger partial charge in [0.1, 0.15) is 0 Å². The number of anilines is 3. The van der Waals surface area contributed by atoms with Crippen molar-refractivity contribution < 1.29 is 0 Å². The van der Waals surface area contributed by atoms with E-state index in [1.165, 1.54) is 71.6 Å². The molecule has 0 aliphatic heterocycles. The molecule has 0 atom stereocenters. The molecule has 0 bridgehead atoms. The molecule has 10 aromatic rings. The highest BCUT2D eigenvalue weighted by Gasteiger charge is 2.17. The summed E-state index contributed by atoms with van der Waals surface area (Å²) >= 11 is 0. The lowest BCUT2D eigenvalue weighted by atomic mass is 9.98. The van der Waals surface area contributed by atoms with Crippen molar-refractivity contribution >= 4 is 49.6 Å². The van der Waals surface area contributed by atoms with E-state index >= 15 is 0 Å². The Morgan fingerprint density at radius 3 is 1.37 bits per heavy atom. The maximum Gasteiger partial charge on any atom is 0.0541 e. The summed E-state index contributed by atoms with van der Waals surface area (Å²) in [6.45, 7) is 0. The van der Waals surface area contributed by atoms with Gasteiger partial charge in [0.05, 0.1) is 22.4 Å². The molecule has 254 valence electrons. The number of hydrogen-bond donors (Lipinski definition) is 0. The minimum atomic E-state index is 1.11. The van der Waals surface area contributed by atoms with Crippen LogP contribution in [-0.4, -0.2) is 4.57 Å². The summed E-state index contributed by atoms with van der Waals surface area (Å²) < 4.78 is 2.41. The molecule has 0 saturated heterocycles. The number of aromatic nitrogens is 1. The zero-order valence-corrected chi connectivity index (χ0v) is 29.7. The minimum Gasteiger partial charge on any atom is -0.310 e. The number of hydrogen-bond acceptors (Lipinski definition) is 1. The Labute approximate surface area is 315 Å². The molecule has 1 heterocycles. The zero-order chi connectivity index (χ0) is 35.8. The summed E-state index contributed by atoms with van der Waals surface area (Å²) in [5, 5.41) is 4.97. The van der Waals surface area contributed by atoms with Crippen LogP contribution >= 0.6 is 0 Å². The molecule has 0 spiro atoms. The van der Waals surface area contributed by atoms with Crippen LogP contribution in [0.5, 0.6) is 0 Å². The molecule has 0 unspecified atom stereocenters. The smallest absolute Gasteiger partial charge is 0.0541 e. The predicted molar refractivity (Wildman–Crippen MR) is 229 cm³/mol. The molecule has 0 radical (unpaired) electrons. The highest BCUT2D eigenvalue weighted by atomic mass is 15.1. The van der Waals surface area contributed by atoms with E-state index in [9.17, 15) is 0 Å². The average Bonchev–Trinajstić information content (AvgIpc) is 3.59. The Morgan fingerprint density at radius 1 is 0.296 bits per heavy atom. The largest absolute Gasteiger partial charge is 0.310 e. The Hall–Kier alpha value is -7.16. The van der Waals surface area contributed by atoms with Gasteiger partial charge < -0.3 is 9.47 Å². The highest BCUT2D eigenvalue weighted by Crippen LogP contribution is 2.41. The topological polar surface area (TPSA) is 8.17 Å². The van der Waals surface area contributed by atoms with Gasteiger partial charge in [0.15, 0.2) is 0 Å². The lowest BCUT2D eigenvalue weighted by Crippen LogP contribution is -2.10. The molecule has 0 N–H and O–H groups in total. The van der Waals surface area contributed by atoms with Gasteiger partial charge >= 0.3 is 0 Å². The van der Waals surface area contributed by atoms with Crippen molar-refractivity contribution in [1.82, 2.24) is 4.57 Å². The van der Waals surface area contributed by atoms with Crippen molar-refractivity contribution in [2.75, 3.05) is 4.90 Å². The number of benzene rings is 9. The molecule has 54 heavy (non-hydrogen) atoms. The van der Waals surface area contributed by atoms with Crippen molar-refractivity contribution in [2.24, 2.45) is 0 Å². The Kier molecular flexibility index (Phi) is 7.85. The Bertz CT molecular complexity index is 2840. The third-order valence-electron chi connectivity index (χ3n) is 10.6. The number of fused-ring (bicyclic) bond motifs is 4. The standard InChI is InChI=1S/C52H36N2/c1-2-13-37(14-3-1)39-29-33-43(34-30-39)53(49-24-12-16-41-15-4-5-17-45(41)49)44-35-31-40(32-36-44)38-25-27-42(28-26-38)46-18-6-9-21-50(46)54-51-22-10-7-19-47(51)48-20-8-11-23-52(48)54/h1-36H. The predicted octanol–water partition coefficient (Wildman–Crippen LogP) is 14.4. The first-order valence-electron chi connectivity index (χ1n) is 18.5. The highest BCUT2D eigenvalue weighted by molar-refractivity contribution is 6.09. The van der Waals surface area contributed by atoms with Gasteiger partial charge in [-0.2, -0.15) is 0 Å². The second-order valence-corrected chi connectivity index (χ2v) is 13.8. The summed E-state index contributed by atoms with van der Waals surface area (Å²) in [6, 6.07) is 78.8. The van der Waals surface area contributed by atoms with Gasteiger partial charge in [-0.1, -0.05) is 170 Å². The van der Waals surface area contributed by atoms with Crippen molar-refractivity contribution in [2.45, 2.75) is 0 Å². The van der Waals surface area contributed by atoms with E-state index in [0.717, 1.165) is 17.1 Å². The van der Waals surface area contributed by atoms with Gasteiger partial charge in [-0.3, -0.25) is 0 Å². The van der Waals surface area contributed by atoms with Gasteiger partial charge in [-0.05, 0) is 81.7 Å². The van der Waals surface area contributed by atoms with E-state index in [2.05, 4.69) is 228 Å². The Morgan fingerprint density at radius 2 is 0.741 bits per heavy atom. The van der Waals surface area contributed by atoms with Crippen LogP contribution in [0.1, 0.15) is 0 Å². The van der Waals surface area contributed by atoms with E-state index in [1.807, 2.05) is 0 Å². The first kappa shape index (κ1) is 31.6. The van der Waals surface area contributed by atoms with E-state index in [1.54, 1.807) is 0 Å². The molecule has 2 nitrogen and oxygen atoms in total. The van der Waals surface area contributed by atoms with Crippen LogP contribution in [0.2, 0.25) is 0 Å². The molecule has 0 saturated carbocycles. The van der Waals surface area contributed by atoms with Crippen LogP contribution in [0, 0.1) is 0 Å². The van der Waals surface area contributed by atoms with Crippen LogP contribution in [0.25, 0.3) is 71.6 Å². The van der Waals surface area contributed by atoms with E-state index in [0.29, 0.717) is 0 Å². The Balaban J connectivity index is 1.01. The fourth-order valence-electron chi connectivity index (χ4n) is 8.00. The summed E-state index contributed by atoms with van der Waals surface area (Å²) in [6.07, 6.45) is 0. The lowest BCUT2D eigenvalue weighted by molar-refractivity contribution is 1.18. The monoisotopic (exact) mass is 688 g/mol. The maximum atomic E-state index is 2.41. The lowest BCUT2D eigenvalue weighted by Gasteiger charge is -2.27. The van der Waals surface area contributed by atoms with Crippen LogP contribution in [0.15, 0.2) is 218 Å². The third kappa shape index (κ3) is 5.53. The van der Waals surface area contributed by atoms with Crippen LogP contribution in [-0.2, 0) is 0 Å². The molecule has 9 aromatic carbocycles. The molecular weight excluding hydrogens is 653 g/mol. The van der Waals surface area contributed by atoms with Crippen molar-refractivity contribution in [3.05, 3.63) is 218 Å². The minimum absolute atomic E-state index is 1.11. The third-order valence-corrected chi connectivity index (χ3v) is 10.6. The van der Waals surface area contributed by atoms with Crippen LogP contribution in [0.3, 0.4) is 0 Å². The van der Waals surface area contributed by atoms with Gasteiger partial charge in [-0.25, -0.2) is 0 Å². The quantitative estimate of drug-likeness (QED) is 0.162. The van der Waals surface area contributed by atoms with E-state index in [-0.39, 0.29) is 0 Å². The van der Waals surface area contributed by atoms with Gasteiger partial charge in [0, 0.05) is 33.1 Å². The first-order chi connectivity index (χ1) is 26.8. The van der Waals surface area contributed by atoms with Crippen LogP contribution < -0.4 is 4.90 Å². The second kappa shape index (κ2) is 13.4. The molecule has 0 aliphatic rings. The molecule has 1 aromatic heterocycles. The summed E-state index contributed by atoms with van der Waals surface area (Å²) in [4.78, 5) is 2.37. The maximum absolute atomic E-state index is 2.41. The van der Waals surface area contributed by atoms with Crippen molar-refractivity contribution in [3.63, 3.8) is 0 Å². The van der Waals surface area contributed by atoms with Crippen LogP contribution in [0.4, 0.5) is 17.1 Å². The average molecular weight is 689 g/mol. The molecule has 0 fully saturated rings. The number of para-hydroxylation sites is 3. The fourth-order valence-corrected chi connectivity index (χ4v) is 8.00. The number of nitrogens with zero attached hydrogens (tertiary/aromatic N) is 2. The molecule has 2 heteroatoms. The normalized spacial score (nSPS) is 11.3. The summed E-state index contributed by atoms with van der Waals surface area (Å²) in [5.74, 6) is 0. The van der Waals surface area contributed by atoms with Gasteiger partial charge in [0.2, 0.25) is 0 Å². The fraction of sp³-hybridized carbons (Fsp3) is 0. The molecule has 0 amide bonds. The molecule has 0 aliphatic carbocycles.